The number of carbonyl (C=O) groups excluding carboxylic acids is 2. The molecule has 18 heavy (non-hydrogen) atoms. The maximum atomic E-state index is 12.1. The number of ketones is 2. The standard InChI is InChI=1S/C15H11O2.Pd/c16-14(12-7-3-1-4-8-12)11-15(17)13-9-5-2-6-10-13;/h1-11H;. The van der Waals surface area contributed by atoms with Crippen LogP contribution in [-0.2, 0) is 19.2 Å². The molecule has 0 heterocycles. The summed E-state index contributed by atoms with van der Waals surface area (Å²) in [7, 11) is 0. The maximum absolute atomic E-state index is 12.1. The van der Waals surface area contributed by atoms with Gasteiger partial charge in [-0.2, -0.15) is 0 Å². The van der Waals surface area contributed by atoms with Crippen molar-refractivity contribution in [1.29, 1.82) is 0 Å². The molecule has 0 atom stereocenters. The monoisotopic (exact) mass is 329 g/mol. The van der Waals surface area contributed by atoms with E-state index in [1.165, 1.54) is 0 Å². The molecule has 0 aliphatic carbocycles. The first-order valence-electron chi connectivity index (χ1n) is 5.49. The Bertz CT molecular complexity index is 498. The van der Waals surface area contributed by atoms with Crippen molar-refractivity contribution < 1.29 is 28.8 Å². The topological polar surface area (TPSA) is 34.1 Å². The molecule has 0 radical (unpaired) electrons. The molecule has 2 aromatic rings. The van der Waals surface area contributed by atoms with E-state index in [2.05, 4.69) is 19.2 Å². The van der Waals surface area contributed by atoms with Crippen molar-refractivity contribution in [3.63, 3.8) is 0 Å². The first-order valence-corrected chi connectivity index (χ1v) is 6.39. The average molecular weight is 330 g/mol. The molecule has 0 amide bonds. The van der Waals surface area contributed by atoms with E-state index < -0.39 is 4.39 Å². The molecule has 93 valence electrons. The second kappa shape index (κ2) is 5.86. The zero-order valence-electron chi connectivity index (χ0n) is 9.48. The summed E-state index contributed by atoms with van der Waals surface area (Å²) in [5.41, 5.74) is 1.08. The van der Waals surface area contributed by atoms with Gasteiger partial charge in [-0.25, -0.2) is 0 Å². The minimum atomic E-state index is -0.794. The summed E-state index contributed by atoms with van der Waals surface area (Å²) >= 11 is 2.88. The first-order chi connectivity index (χ1) is 8.70. The molecular weight excluding hydrogens is 319 g/mol. The van der Waals surface area contributed by atoms with Gasteiger partial charge in [0.15, 0.2) is 0 Å². The molecule has 0 bridgehead atoms. The van der Waals surface area contributed by atoms with Gasteiger partial charge >= 0.3 is 117 Å². The van der Waals surface area contributed by atoms with Crippen LogP contribution in [0.25, 0.3) is 0 Å². The normalized spacial score (nSPS) is 10.4. The fraction of sp³-hybridized carbons (Fsp3) is 0.0667. The van der Waals surface area contributed by atoms with Gasteiger partial charge in [0.2, 0.25) is 0 Å². The Labute approximate surface area is 116 Å². The van der Waals surface area contributed by atoms with E-state index in [4.69, 9.17) is 0 Å². The Kier molecular flexibility index (Phi) is 4.20. The third kappa shape index (κ3) is 2.82. The molecule has 2 rings (SSSR count). The van der Waals surface area contributed by atoms with Crippen molar-refractivity contribution in [2.24, 2.45) is 0 Å². The Hall–Kier alpha value is -1.56. The van der Waals surface area contributed by atoms with Gasteiger partial charge in [-0.05, 0) is 0 Å². The van der Waals surface area contributed by atoms with E-state index in [9.17, 15) is 9.59 Å². The van der Waals surface area contributed by atoms with Crippen LogP contribution in [0.1, 0.15) is 20.7 Å². The second-order valence-corrected chi connectivity index (χ2v) is 4.69. The van der Waals surface area contributed by atoms with Gasteiger partial charge in [-0.1, -0.05) is 0 Å². The number of Topliss-reactive ketones (excluding diaryl/α,β-unsaturated/α-hetero) is 2. The number of benzene rings is 2. The summed E-state index contributed by atoms with van der Waals surface area (Å²) in [5, 5.41) is 0. The van der Waals surface area contributed by atoms with Gasteiger partial charge in [0.1, 0.15) is 0 Å². The van der Waals surface area contributed by atoms with E-state index in [1.807, 2.05) is 12.1 Å². The van der Waals surface area contributed by atoms with Crippen molar-refractivity contribution in [3.05, 3.63) is 71.8 Å². The third-order valence-corrected chi connectivity index (χ3v) is 3.36. The molecule has 0 unspecified atom stereocenters. The zero-order valence-corrected chi connectivity index (χ0v) is 11.0. The molecule has 0 spiro atoms. The van der Waals surface area contributed by atoms with Gasteiger partial charge < -0.3 is 0 Å². The van der Waals surface area contributed by atoms with Crippen LogP contribution in [0.15, 0.2) is 60.7 Å². The molecule has 2 aromatic carbocycles. The quantitative estimate of drug-likeness (QED) is 0.491. The zero-order chi connectivity index (χ0) is 13.0. The number of hydrogen-bond acceptors (Lipinski definition) is 2. The average Bonchev–Trinajstić information content (AvgIpc) is 2.47. The van der Waals surface area contributed by atoms with Crippen molar-refractivity contribution in [3.8, 4) is 0 Å². The van der Waals surface area contributed by atoms with Crippen LogP contribution >= 0.6 is 0 Å². The SMILES string of the molecule is O=C(c1ccccc1)[CH]([Pd])C(=O)c1ccccc1. The molecular formula is C15H11O2Pd. The molecule has 0 aliphatic rings. The van der Waals surface area contributed by atoms with Crippen LogP contribution < -0.4 is 0 Å². The van der Waals surface area contributed by atoms with E-state index in [0.717, 1.165) is 0 Å². The van der Waals surface area contributed by atoms with Gasteiger partial charge in [0.25, 0.3) is 0 Å². The van der Waals surface area contributed by atoms with Crippen LogP contribution in [0.5, 0.6) is 0 Å². The molecule has 0 fully saturated rings. The van der Waals surface area contributed by atoms with Crippen LogP contribution in [-0.4, -0.2) is 11.6 Å². The molecule has 0 aliphatic heterocycles. The Balaban J connectivity index is 2.20. The summed E-state index contributed by atoms with van der Waals surface area (Å²) < 4.78 is -0.794. The van der Waals surface area contributed by atoms with Gasteiger partial charge in [0, 0.05) is 0 Å². The van der Waals surface area contributed by atoms with Crippen molar-refractivity contribution in [2.45, 2.75) is 4.39 Å². The Morgan fingerprint density at radius 3 is 1.39 bits per heavy atom. The molecule has 3 heteroatoms. The Morgan fingerprint density at radius 2 is 1.06 bits per heavy atom. The van der Waals surface area contributed by atoms with Crippen molar-refractivity contribution >= 4 is 11.6 Å². The number of carbonyl (C=O) groups is 2. The Morgan fingerprint density at radius 1 is 0.722 bits per heavy atom. The first kappa shape index (κ1) is 12.9. The van der Waals surface area contributed by atoms with E-state index in [0.29, 0.717) is 11.1 Å². The number of rotatable bonds is 4. The predicted molar refractivity (Wildman–Crippen MR) is 65.3 cm³/mol. The molecule has 0 saturated heterocycles. The summed E-state index contributed by atoms with van der Waals surface area (Å²) in [5.74, 6) is -0.403. The van der Waals surface area contributed by atoms with Crippen LogP contribution in [0, 0.1) is 0 Å². The molecule has 0 N–H and O–H groups in total. The molecule has 0 saturated carbocycles. The van der Waals surface area contributed by atoms with Gasteiger partial charge in [-0.3, -0.25) is 0 Å². The van der Waals surface area contributed by atoms with E-state index in [-0.39, 0.29) is 11.6 Å². The van der Waals surface area contributed by atoms with Crippen LogP contribution in [0.3, 0.4) is 0 Å². The predicted octanol–water partition coefficient (Wildman–Crippen LogP) is 3.09. The van der Waals surface area contributed by atoms with Crippen LogP contribution in [0.2, 0.25) is 4.39 Å². The number of hydrogen-bond donors (Lipinski definition) is 0. The summed E-state index contributed by atoms with van der Waals surface area (Å²) in [6.45, 7) is 0. The molecule has 2 nitrogen and oxygen atoms in total. The second-order valence-electron chi connectivity index (χ2n) is 3.79. The third-order valence-electron chi connectivity index (χ3n) is 2.54. The fourth-order valence-corrected chi connectivity index (χ4v) is 2.11. The summed E-state index contributed by atoms with van der Waals surface area (Å²) in [4.78, 5) is 24.2. The summed E-state index contributed by atoms with van der Waals surface area (Å²) in [6, 6.07) is 17.6. The summed E-state index contributed by atoms with van der Waals surface area (Å²) in [6.07, 6.45) is 0. The van der Waals surface area contributed by atoms with Crippen molar-refractivity contribution in [1.82, 2.24) is 0 Å². The van der Waals surface area contributed by atoms with Crippen molar-refractivity contribution in [2.75, 3.05) is 0 Å². The van der Waals surface area contributed by atoms with E-state index in [1.54, 1.807) is 48.5 Å². The van der Waals surface area contributed by atoms with Crippen LogP contribution in [0.4, 0.5) is 0 Å². The molecule has 0 aromatic heterocycles. The fourth-order valence-electron chi connectivity index (χ4n) is 1.60. The van der Waals surface area contributed by atoms with Gasteiger partial charge in [0.05, 0.1) is 0 Å². The minimum absolute atomic E-state index is 0.201. The van der Waals surface area contributed by atoms with Gasteiger partial charge in [-0.15, -0.1) is 0 Å². The van der Waals surface area contributed by atoms with E-state index >= 15 is 0 Å².